The van der Waals surface area contributed by atoms with Crippen molar-refractivity contribution in [1.82, 2.24) is 5.43 Å². The summed E-state index contributed by atoms with van der Waals surface area (Å²) in [6.45, 7) is 0.0546. The number of esters is 1. The second-order valence-corrected chi connectivity index (χ2v) is 6.86. The van der Waals surface area contributed by atoms with Gasteiger partial charge in [-0.15, -0.1) is 0 Å². The third-order valence-electron chi connectivity index (χ3n) is 4.74. The number of fused-ring (bicyclic) bond motifs is 1. The fourth-order valence-electron chi connectivity index (χ4n) is 2.99. The number of carbonyl (C=O) groups is 2. The number of nitro benzene ring substituents is 1. The summed E-state index contributed by atoms with van der Waals surface area (Å²) in [5.41, 5.74) is 2.71. The van der Waals surface area contributed by atoms with Crippen molar-refractivity contribution >= 4 is 23.8 Å². The van der Waals surface area contributed by atoms with Gasteiger partial charge in [0.15, 0.2) is 11.5 Å². The van der Waals surface area contributed by atoms with E-state index >= 15 is 0 Å². The van der Waals surface area contributed by atoms with Crippen LogP contribution in [0.2, 0.25) is 0 Å². The lowest BCUT2D eigenvalue weighted by Crippen LogP contribution is -2.17. The van der Waals surface area contributed by atoms with E-state index in [0.717, 1.165) is 6.21 Å². The largest absolute Gasteiger partial charge is 0.497 e. The molecule has 0 unspecified atom stereocenters. The fraction of sp³-hybridized carbons (Fsp3) is 0.0870. The van der Waals surface area contributed by atoms with E-state index in [0.29, 0.717) is 22.8 Å². The van der Waals surface area contributed by atoms with E-state index in [1.54, 1.807) is 30.3 Å². The molecule has 1 heterocycles. The standard InChI is InChI=1S/C23H17N3O8/c1-31-18-6-2-14(3-7-18)22(27)25-24-12-16-10-17(26(29)30)5-9-19(16)34-23(28)15-4-8-20-21(11-15)33-13-32-20/h2-12H,13H2,1H3,(H,25,27)/b24-12+. The van der Waals surface area contributed by atoms with Crippen molar-refractivity contribution in [2.24, 2.45) is 5.10 Å². The first-order valence-corrected chi connectivity index (χ1v) is 9.82. The molecular formula is C23H17N3O8. The molecule has 1 aliphatic rings. The van der Waals surface area contributed by atoms with Crippen LogP contribution in [-0.4, -0.2) is 36.9 Å². The first-order valence-electron chi connectivity index (χ1n) is 9.82. The number of methoxy groups -OCH3 is 1. The van der Waals surface area contributed by atoms with Gasteiger partial charge in [0.25, 0.3) is 11.6 Å². The van der Waals surface area contributed by atoms with Crippen LogP contribution in [0.4, 0.5) is 5.69 Å². The molecule has 1 amide bonds. The predicted octanol–water partition coefficient (Wildman–Crippen LogP) is 3.32. The average Bonchev–Trinajstić information content (AvgIpc) is 3.32. The Morgan fingerprint density at radius 1 is 1.03 bits per heavy atom. The Morgan fingerprint density at radius 3 is 2.50 bits per heavy atom. The van der Waals surface area contributed by atoms with E-state index in [1.807, 2.05) is 0 Å². The van der Waals surface area contributed by atoms with Gasteiger partial charge in [-0.05, 0) is 48.5 Å². The molecular weight excluding hydrogens is 446 g/mol. The molecule has 11 nitrogen and oxygen atoms in total. The Labute approximate surface area is 192 Å². The number of ether oxygens (including phenoxy) is 4. The lowest BCUT2D eigenvalue weighted by molar-refractivity contribution is -0.384. The highest BCUT2D eigenvalue weighted by molar-refractivity contribution is 5.96. The van der Waals surface area contributed by atoms with Gasteiger partial charge < -0.3 is 18.9 Å². The zero-order valence-electron chi connectivity index (χ0n) is 17.7. The predicted molar refractivity (Wildman–Crippen MR) is 119 cm³/mol. The van der Waals surface area contributed by atoms with Gasteiger partial charge in [-0.3, -0.25) is 14.9 Å². The topological polar surface area (TPSA) is 139 Å². The number of non-ortho nitro benzene ring substituents is 1. The van der Waals surface area contributed by atoms with Crippen LogP contribution in [0, 0.1) is 10.1 Å². The van der Waals surface area contributed by atoms with E-state index in [4.69, 9.17) is 18.9 Å². The maximum Gasteiger partial charge on any atom is 0.343 e. The van der Waals surface area contributed by atoms with Crippen molar-refractivity contribution in [3.05, 3.63) is 87.5 Å². The molecule has 0 spiro atoms. The van der Waals surface area contributed by atoms with Gasteiger partial charge >= 0.3 is 5.97 Å². The average molecular weight is 463 g/mol. The number of hydrazone groups is 1. The number of hydrogen-bond acceptors (Lipinski definition) is 9. The van der Waals surface area contributed by atoms with Gasteiger partial charge in [0.2, 0.25) is 6.79 Å². The Bertz CT molecular complexity index is 1290. The Morgan fingerprint density at radius 2 is 1.76 bits per heavy atom. The molecule has 4 rings (SSSR count). The maximum atomic E-state index is 12.6. The third kappa shape index (κ3) is 4.93. The molecule has 0 bridgehead atoms. The highest BCUT2D eigenvalue weighted by Gasteiger charge is 2.19. The van der Waals surface area contributed by atoms with Crippen LogP contribution in [0.3, 0.4) is 0 Å². The van der Waals surface area contributed by atoms with E-state index in [9.17, 15) is 19.7 Å². The quantitative estimate of drug-likeness (QED) is 0.185. The summed E-state index contributed by atoms with van der Waals surface area (Å²) in [6.07, 6.45) is 1.15. The second-order valence-electron chi connectivity index (χ2n) is 6.86. The minimum Gasteiger partial charge on any atom is -0.497 e. The van der Waals surface area contributed by atoms with Crippen molar-refractivity contribution in [2.45, 2.75) is 0 Å². The van der Waals surface area contributed by atoms with Gasteiger partial charge in [-0.1, -0.05) is 0 Å². The van der Waals surface area contributed by atoms with Crippen LogP contribution in [-0.2, 0) is 0 Å². The van der Waals surface area contributed by atoms with Crippen molar-refractivity contribution in [3.8, 4) is 23.0 Å². The van der Waals surface area contributed by atoms with Crippen LogP contribution < -0.4 is 24.4 Å². The molecule has 3 aromatic carbocycles. The van der Waals surface area contributed by atoms with Crippen LogP contribution in [0.1, 0.15) is 26.3 Å². The lowest BCUT2D eigenvalue weighted by atomic mass is 10.1. The minimum absolute atomic E-state index is 0.00992. The number of nitro groups is 1. The normalized spacial score (nSPS) is 11.8. The van der Waals surface area contributed by atoms with Crippen LogP contribution >= 0.6 is 0 Å². The molecule has 0 saturated heterocycles. The van der Waals surface area contributed by atoms with E-state index in [-0.39, 0.29) is 29.4 Å². The van der Waals surface area contributed by atoms with Crippen molar-refractivity contribution in [2.75, 3.05) is 13.9 Å². The number of rotatable bonds is 7. The zero-order chi connectivity index (χ0) is 24.1. The molecule has 3 aromatic rings. The van der Waals surface area contributed by atoms with Crippen LogP contribution in [0.25, 0.3) is 0 Å². The number of nitrogens with zero attached hydrogens (tertiary/aromatic N) is 2. The molecule has 0 atom stereocenters. The SMILES string of the molecule is COc1ccc(C(=O)N/N=C/c2cc([N+](=O)[O-])ccc2OC(=O)c2ccc3c(c2)OCO3)cc1. The van der Waals surface area contributed by atoms with Gasteiger partial charge in [-0.2, -0.15) is 5.10 Å². The summed E-state index contributed by atoms with van der Waals surface area (Å²) in [5, 5.41) is 15.0. The van der Waals surface area contributed by atoms with E-state index in [1.165, 1.54) is 37.4 Å². The fourth-order valence-corrected chi connectivity index (χ4v) is 2.99. The highest BCUT2D eigenvalue weighted by atomic mass is 16.7. The van der Waals surface area contributed by atoms with Crippen molar-refractivity contribution in [3.63, 3.8) is 0 Å². The van der Waals surface area contributed by atoms with Crippen LogP contribution in [0.15, 0.2) is 65.8 Å². The summed E-state index contributed by atoms with van der Waals surface area (Å²) in [5.74, 6) is 0.280. The number of amides is 1. The molecule has 1 aliphatic heterocycles. The van der Waals surface area contributed by atoms with E-state index in [2.05, 4.69) is 10.5 Å². The number of benzene rings is 3. The molecule has 11 heteroatoms. The molecule has 0 aliphatic carbocycles. The molecule has 34 heavy (non-hydrogen) atoms. The monoisotopic (exact) mass is 463 g/mol. The Hall–Kier alpha value is -4.93. The Balaban J connectivity index is 1.52. The number of nitrogens with one attached hydrogen (secondary N) is 1. The lowest BCUT2D eigenvalue weighted by Gasteiger charge is -2.08. The summed E-state index contributed by atoms with van der Waals surface area (Å²) in [4.78, 5) is 35.5. The smallest absolute Gasteiger partial charge is 0.343 e. The third-order valence-corrected chi connectivity index (χ3v) is 4.74. The van der Waals surface area contributed by atoms with Gasteiger partial charge in [0.1, 0.15) is 11.5 Å². The zero-order valence-corrected chi connectivity index (χ0v) is 17.7. The molecule has 0 radical (unpaired) electrons. The highest BCUT2D eigenvalue weighted by Crippen LogP contribution is 2.33. The van der Waals surface area contributed by atoms with Crippen molar-refractivity contribution < 1.29 is 33.5 Å². The summed E-state index contributed by atoms with van der Waals surface area (Å²) in [7, 11) is 1.51. The maximum absolute atomic E-state index is 12.6. The van der Waals surface area contributed by atoms with Crippen LogP contribution in [0.5, 0.6) is 23.0 Å². The Kier molecular flexibility index (Phi) is 6.35. The van der Waals surface area contributed by atoms with Gasteiger partial charge in [0, 0.05) is 23.3 Å². The second kappa shape index (κ2) is 9.69. The van der Waals surface area contributed by atoms with Gasteiger partial charge in [-0.25, -0.2) is 10.2 Å². The first kappa shape index (κ1) is 22.3. The van der Waals surface area contributed by atoms with E-state index < -0.39 is 16.8 Å². The van der Waals surface area contributed by atoms with Gasteiger partial charge in [0.05, 0.1) is 23.8 Å². The molecule has 0 saturated carbocycles. The molecule has 172 valence electrons. The first-order chi connectivity index (χ1) is 16.4. The number of hydrogen-bond donors (Lipinski definition) is 1. The summed E-state index contributed by atoms with van der Waals surface area (Å²) >= 11 is 0. The summed E-state index contributed by atoms with van der Waals surface area (Å²) in [6, 6.07) is 14.5. The summed E-state index contributed by atoms with van der Waals surface area (Å²) < 4.78 is 20.9. The molecule has 0 fully saturated rings. The molecule has 0 aromatic heterocycles. The number of carbonyl (C=O) groups excluding carboxylic acids is 2. The molecule has 1 N–H and O–H groups in total. The minimum atomic E-state index is -0.718. The van der Waals surface area contributed by atoms with Crippen molar-refractivity contribution in [1.29, 1.82) is 0 Å².